The van der Waals surface area contributed by atoms with E-state index in [0.717, 1.165) is 10.5 Å². The number of nitrogens with zero attached hydrogens (tertiary/aromatic N) is 2. The molecular weight excluding hydrogens is 264 g/mol. The van der Waals surface area contributed by atoms with Crippen LogP contribution in [-0.4, -0.2) is 9.38 Å². The molecule has 2 nitrogen and oxygen atoms in total. The van der Waals surface area contributed by atoms with Gasteiger partial charge in [0.2, 0.25) is 0 Å². The number of thiazole rings is 1. The van der Waals surface area contributed by atoms with Crippen LogP contribution in [0.3, 0.4) is 0 Å². The van der Waals surface area contributed by atoms with E-state index < -0.39 is 0 Å². The molecule has 20 heavy (non-hydrogen) atoms. The molecule has 0 radical (unpaired) electrons. The summed E-state index contributed by atoms with van der Waals surface area (Å²) in [5, 5.41) is 2.19. The third-order valence-corrected chi connectivity index (χ3v) is 4.47. The zero-order valence-corrected chi connectivity index (χ0v) is 12.2. The average molecular weight is 278 g/mol. The molecule has 2 aromatic heterocycles. The van der Waals surface area contributed by atoms with Crippen molar-refractivity contribution in [2.75, 3.05) is 0 Å². The molecule has 2 aromatic carbocycles. The molecule has 0 aliphatic rings. The van der Waals surface area contributed by atoms with E-state index in [1.807, 2.05) is 0 Å². The molecular formula is C17H14N2S. The minimum atomic E-state index is 1.06. The Balaban J connectivity index is 2.04. The predicted molar refractivity (Wildman–Crippen MR) is 85.5 cm³/mol. The summed E-state index contributed by atoms with van der Waals surface area (Å²) in [6.07, 6.45) is 0. The Kier molecular flexibility index (Phi) is 2.44. The normalized spacial score (nSPS) is 11.5. The molecule has 0 atom stereocenters. The summed E-state index contributed by atoms with van der Waals surface area (Å²) in [7, 11) is 0. The number of imidazole rings is 1. The van der Waals surface area contributed by atoms with E-state index in [1.54, 1.807) is 11.3 Å². The van der Waals surface area contributed by atoms with Crippen LogP contribution in [0.25, 0.3) is 27.3 Å². The van der Waals surface area contributed by atoms with E-state index in [9.17, 15) is 0 Å². The number of aryl methyl sites for hydroxylation is 2. The molecule has 0 aliphatic heterocycles. The minimum Gasteiger partial charge on any atom is -0.283 e. The first kappa shape index (κ1) is 11.7. The highest BCUT2D eigenvalue weighted by molar-refractivity contribution is 7.15. The van der Waals surface area contributed by atoms with Crippen molar-refractivity contribution in [3.63, 3.8) is 0 Å². The van der Waals surface area contributed by atoms with Crippen LogP contribution in [-0.2, 0) is 0 Å². The van der Waals surface area contributed by atoms with E-state index in [2.05, 4.69) is 66.1 Å². The van der Waals surface area contributed by atoms with Gasteiger partial charge in [0.05, 0.1) is 16.7 Å². The first-order chi connectivity index (χ1) is 9.72. The number of hydrogen-bond acceptors (Lipinski definition) is 2. The Morgan fingerprint density at radius 3 is 2.50 bits per heavy atom. The van der Waals surface area contributed by atoms with Crippen molar-refractivity contribution >= 4 is 27.3 Å². The maximum atomic E-state index is 4.72. The van der Waals surface area contributed by atoms with Gasteiger partial charge in [0.1, 0.15) is 0 Å². The minimum absolute atomic E-state index is 1.06. The Morgan fingerprint density at radius 2 is 1.70 bits per heavy atom. The van der Waals surface area contributed by atoms with Gasteiger partial charge in [0.25, 0.3) is 0 Å². The Labute approximate surface area is 121 Å². The van der Waals surface area contributed by atoms with Crippen molar-refractivity contribution < 1.29 is 0 Å². The second kappa shape index (κ2) is 4.18. The van der Waals surface area contributed by atoms with E-state index in [-0.39, 0.29) is 0 Å². The third kappa shape index (κ3) is 1.67. The number of rotatable bonds is 1. The summed E-state index contributed by atoms with van der Waals surface area (Å²) in [4.78, 5) is 5.78. The molecule has 0 N–H and O–H groups in total. The fourth-order valence-corrected chi connectivity index (χ4v) is 3.47. The smallest absolute Gasteiger partial charge is 0.195 e. The van der Waals surface area contributed by atoms with Gasteiger partial charge in [-0.15, -0.1) is 11.3 Å². The molecule has 0 saturated heterocycles. The van der Waals surface area contributed by atoms with Crippen molar-refractivity contribution in [1.82, 2.24) is 9.38 Å². The number of benzene rings is 2. The monoisotopic (exact) mass is 278 g/mol. The Hall–Kier alpha value is -2.13. The number of hydrogen-bond donors (Lipinski definition) is 0. The second-order valence-electron chi connectivity index (χ2n) is 5.21. The van der Waals surface area contributed by atoms with Crippen LogP contribution in [0.4, 0.5) is 0 Å². The average Bonchev–Trinajstić information content (AvgIpc) is 2.98. The van der Waals surface area contributed by atoms with Crippen LogP contribution in [0, 0.1) is 13.8 Å². The molecule has 4 aromatic rings. The maximum Gasteiger partial charge on any atom is 0.195 e. The maximum absolute atomic E-state index is 4.72. The quantitative estimate of drug-likeness (QED) is 0.487. The molecule has 0 spiro atoms. The first-order valence-electron chi connectivity index (χ1n) is 6.66. The summed E-state index contributed by atoms with van der Waals surface area (Å²) in [5.41, 5.74) is 7.25. The first-order valence-corrected chi connectivity index (χ1v) is 7.54. The molecule has 0 saturated carbocycles. The summed E-state index contributed by atoms with van der Waals surface area (Å²) in [6.45, 7) is 4.22. The van der Waals surface area contributed by atoms with Gasteiger partial charge in [-0.3, -0.25) is 4.40 Å². The number of fused-ring (bicyclic) bond motifs is 3. The van der Waals surface area contributed by atoms with Gasteiger partial charge in [-0.25, -0.2) is 4.98 Å². The molecule has 0 fully saturated rings. The fourth-order valence-electron chi connectivity index (χ4n) is 2.56. The van der Waals surface area contributed by atoms with Crippen LogP contribution in [0.2, 0.25) is 0 Å². The molecule has 2 heterocycles. The zero-order valence-electron chi connectivity index (χ0n) is 11.4. The number of aromatic nitrogens is 2. The van der Waals surface area contributed by atoms with Gasteiger partial charge in [0.15, 0.2) is 4.96 Å². The topological polar surface area (TPSA) is 17.3 Å². The fraction of sp³-hybridized carbons (Fsp3) is 0.118. The van der Waals surface area contributed by atoms with Gasteiger partial charge >= 0.3 is 0 Å². The van der Waals surface area contributed by atoms with Crippen LogP contribution in [0.15, 0.2) is 47.8 Å². The van der Waals surface area contributed by atoms with Gasteiger partial charge in [-0.2, -0.15) is 0 Å². The summed E-state index contributed by atoms with van der Waals surface area (Å²) in [6, 6.07) is 15.1. The van der Waals surface area contributed by atoms with Gasteiger partial charge in [-0.05, 0) is 37.1 Å². The Bertz CT molecular complexity index is 913. The van der Waals surface area contributed by atoms with Crippen LogP contribution in [0.5, 0.6) is 0 Å². The predicted octanol–water partition coefficient (Wildman–Crippen LogP) is 4.83. The van der Waals surface area contributed by atoms with Gasteiger partial charge in [-0.1, -0.05) is 35.9 Å². The highest BCUT2D eigenvalue weighted by Crippen LogP contribution is 2.30. The molecule has 0 amide bonds. The molecule has 3 heteroatoms. The summed E-state index contributed by atoms with van der Waals surface area (Å²) < 4.78 is 2.25. The second-order valence-corrected chi connectivity index (χ2v) is 6.05. The molecule has 0 bridgehead atoms. The molecule has 0 unspecified atom stereocenters. The largest absolute Gasteiger partial charge is 0.283 e. The lowest BCUT2D eigenvalue weighted by molar-refractivity contribution is 1.28. The van der Waals surface area contributed by atoms with Gasteiger partial charge in [0, 0.05) is 5.38 Å². The SMILES string of the molecule is Cc1ccc(-c2csc3nc4cc(C)ccc4n23)cc1. The van der Waals surface area contributed by atoms with E-state index in [4.69, 9.17) is 4.98 Å². The lowest BCUT2D eigenvalue weighted by atomic mass is 10.1. The lowest BCUT2D eigenvalue weighted by Crippen LogP contribution is -1.86. The van der Waals surface area contributed by atoms with Crippen molar-refractivity contribution in [2.45, 2.75) is 13.8 Å². The van der Waals surface area contributed by atoms with Crippen molar-refractivity contribution in [1.29, 1.82) is 0 Å². The van der Waals surface area contributed by atoms with E-state index in [1.165, 1.54) is 27.9 Å². The Morgan fingerprint density at radius 1 is 0.950 bits per heavy atom. The molecule has 4 rings (SSSR count). The highest BCUT2D eigenvalue weighted by atomic mass is 32.1. The standard InChI is InChI=1S/C17H14N2S/c1-11-3-6-13(7-4-11)16-10-20-17-18-14-9-12(2)5-8-15(14)19(16)17/h3-10H,1-2H3. The van der Waals surface area contributed by atoms with Crippen molar-refractivity contribution in [3.05, 3.63) is 59.0 Å². The van der Waals surface area contributed by atoms with Crippen LogP contribution in [0.1, 0.15) is 11.1 Å². The molecule has 0 aliphatic carbocycles. The summed E-state index contributed by atoms with van der Waals surface area (Å²) >= 11 is 1.70. The highest BCUT2D eigenvalue weighted by Gasteiger charge is 2.11. The van der Waals surface area contributed by atoms with E-state index >= 15 is 0 Å². The van der Waals surface area contributed by atoms with E-state index in [0.29, 0.717) is 0 Å². The van der Waals surface area contributed by atoms with Crippen molar-refractivity contribution in [3.8, 4) is 11.3 Å². The van der Waals surface area contributed by atoms with Gasteiger partial charge < -0.3 is 0 Å². The third-order valence-electron chi connectivity index (χ3n) is 3.64. The summed E-state index contributed by atoms with van der Waals surface area (Å²) in [5.74, 6) is 0. The van der Waals surface area contributed by atoms with Crippen LogP contribution >= 0.6 is 11.3 Å². The molecule has 98 valence electrons. The lowest BCUT2D eigenvalue weighted by Gasteiger charge is -2.02. The zero-order chi connectivity index (χ0) is 13.7. The van der Waals surface area contributed by atoms with Crippen molar-refractivity contribution in [2.24, 2.45) is 0 Å². The van der Waals surface area contributed by atoms with Crippen LogP contribution < -0.4 is 0 Å².